The Morgan fingerprint density at radius 2 is 2.19 bits per heavy atom. The molecule has 2 N–H and O–H groups in total. The first-order chi connectivity index (χ1) is 7.68. The molecule has 1 aliphatic carbocycles. The van der Waals surface area contributed by atoms with Crippen LogP contribution in [0.25, 0.3) is 10.9 Å². The van der Waals surface area contributed by atoms with Crippen molar-refractivity contribution in [1.82, 2.24) is 4.57 Å². The Kier molecular flexibility index (Phi) is 2.23. The molecule has 16 heavy (non-hydrogen) atoms. The van der Waals surface area contributed by atoms with Crippen molar-refractivity contribution in [2.45, 2.75) is 18.9 Å². The highest BCUT2D eigenvalue weighted by Crippen LogP contribution is 2.42. The number of para-hydroxylation sites is 1. The van der Waals surface area contributed by atoms with Gasteiger partial charge in [0.15, 0.2) is 0 Å². The van der Waals surface area contributed by atoms with Gasteiger partial charge in [-0.05, 0) is 30.4 Å². The maximum atomic E-state index is 6.27. The molecule has 84 valence electrons. The van der Waals surface area contributed by atoms with Crippen molar-refractivity contribution < 1.29 is 0 Å². The van der Waals surface area contributed by atoms with E-state index in [0.717, 1.165) is 10.5 Å². The number of benzene rings is 1. The fourth-order valence-corrected chi connectivity index (χ4v) is 2.73. The number of nitrogens with two attached hydrogens (primary N) is 1. The molecule has 1 aromatic carbocycles. The largest absolute Gasteiger partial charge is 0.349 e. The van der Waals surface area contributed by atoms with Crippen LogP contribution in [0.4, 0.5) is 0 Å². The molecule has 0 aliphatic heterocycles. The number of hydrogen-bond acceptors (Lipinski definition) is 1. The van der Waals surface area contributed by atoms with Gasteiger partial charge in [0, 0.05) is 24.7 Å². The molecule has 2 nitrogen and oxygen atoms in total. The lowest BCUT2D eigenvalue weighted by Gasteiger charge is -2.08. The van der Waals surface area contributed by atoms with Gasteiger partial charge in [-0.1, -0.05) is 23.7 Å². The molecule has 0 spiro atoms. The van der Waals surface area contributed by atoms with Crippen LogP contribution >= 0.6 is 11.6 Å². The summed E-state index contributed by atoms with van der Waals surface area (Å²) in [4.78, 5) is 0. The fraction of sp³-hybridized carbons (Fsp3) is 0.385. The van der Waals surface area contributed by atoms with Crippen LogP contribution in [0.5, 0.6) is 0 Å². The second kappa shape index (κ2) is 3.51. The molecule has 0 saturated heterocycles. The summed E-state index contributed by atoms with van der Waals surface area (Å²) < 4.78 is 2.08. The molecule has 3 rings (SSSR count). The van der Waals surface area contributed by atoms with Gasteiger partial charge >= 0.3 is 0 Å². The molecule has 3 heteroatoms. The van der Waals surface area contributed by atoms with Crippen LogP contribution in [-0.2, 0) is 7.05 Å². The zero-order valence-electron chi connectivity index (χ0n) is 9.28. The maximum Gasteiger partial charge on any atom is 0.0670 e. The van der Waals surface area contributed by atoms with Gasteiger partial charge in [0.1, 0.15) is 0 Å². The standard InChI is InChI=1S/C13H15ClN2/c1-16-7-10(12(15)8-5-6-8)9-3-2-4-11(14)13(9)16/h2-4,7-8,12H,5-6,15H2,1H3. The summed E-state index contributed by atoms with van der Waals surface area (Å²) in [6.07, 6.45) is 4.65. The van der Waals surface area contributed by atoms with E-state index < -0.39 is 0 Å². The topological polar surface area (TPSA) is 30.9 Å². The number of rotatable bonds is 2. The Balaban J connectivity index is 2.21. The highest BCUT2D eigenvalue weighted by Gasteiger charge is 2.31. The first-order valence-corrected chi connectivity index (χ1v) is 6.05. The van der Waals surface area contributed by atoms with Crippen molar-refractivity contribution in [2.75, 3.05) is 0 Å². The number of hydrogen-bond donors (Lipinski definition) is 1. The van der Waals surface area contributed by atoms with Gasteiger partial charge in [0.05, 0.1) is 10.5 Å². The van der Waals surface area contributed by atoms with E-state index in [1.807, 2.05) is 19.2 Å². The van der Waals surface area contributed by atoms with Crippen LogP contribution in [0.1, 0.15) is 24.4 Å². The third kappa shape index (κ3) is 1.45. The van der Waals surface area contributed by atoms with Crippen LogP contribution in [0, 0.1) is 5.92 Å². The minimum Gasteiger partial charge on any atom is -0.349 e. The minimum atomic E-state index is 0.169. The molecular weight excluding hydrogens is 220 g/mol. The molecule has 1 unspecified atom stereocenters. The third-order valence-corrected chi connectivity index (χ3v) is 3.78. The van der Waals surface area contributed by atoms with Gasteiger partial charge in [-0.2, -0.15) is 0 Å². The minimum absolute atomic E-state index is 0.169. The summed E-state index contributed by atoms with van der Waals surface area (Å²) in [5.74, 6) is 0.671. The third-order valence-electron chi connectivity index (χ3n) is 3.47. The van der Waals surface area contributed by atoms with Crippen LogP contribution < -0.4 is 5.73 Å². The first kappa shape index (κ1) is 10.2. The molecule has 1 heterocycles. The SMILES string of the molecule is Cn1cc(C(N)C2CC2)c2cccc(Cl)c21. The van der Waals surface area contributed by atoms with E-state index in [-0.39, 0.29) is 6.04 Å². The van der Waals surface area contributed by atoms with Crippen LogP contribution in [0.3, 0.4) is 0 Å². The summed E-state index contributed by atoms with van der Waals surface area (Å²) in [7, 11) is 2.03. The lowest BCUT2D eigenvalue weighted by Crippen LogP contribution is -2.11. The summed E-state index contributed by atoms with van der Waals surface area (Å²) in [5.41, 5.74) is 8.60. The molecular formula is C13H15ClN2. The smallest absolute Gasteiger partial charge is 0.0670 e. The molecule has 1 fully saturated rings. The molecule has 0 bridgehead atoms. The van der Waals surface area contributed by atoms with Crippen molar-refractivity contribution in [3.8, 4) is 0 Å². The van der Waals surface area contributed by atoms with Gasteiger partial charge in [-0.3, -0.25) is 0 Å². The Morgan fingerprint density at radius 1 is 1.44 bits per heavy atom. The summed E-state index contributed by atoms with van der Waals surface area (Å²) in [5, 5.41) is 2.00. The van der Waals surface area contributed by atoms with Gasteiger partial charge in [0.2, 0.25) is 0 Å². The van der Waals surface area contributed by atoms with Crippen LogP contribution in [-0.4, -0.2) is 4.57 Å². The van der Waals surface area contributed by atoms with Gasteiger partial charge in [-0.25, -0.2) is 0 Å². The molecule has 1 aliphatic rings. The Hall–Kier alpha value is -0.990. The Morgan fingerprint density at radius 3 is 2.88 bits per heavy atom. The monoisotopic (exact) mass is 234 g/mol. The molecule has 0 amide bonds. The van der Waals surface area contributed by atoms with Crippen molar-refractivity contribution in [3.05, 3.63) is 35.0 Å². The Labute approximate surface area is 100.0 Å². The average Bonchev–Trinajstić information content (AvgIpc) is 3.04. The first-order valence-electron chi connectivity index (χ1n) is 5.67. The van der Waals surface area contributed by atoms with Crippen molar-refractivity contribution in [2.24, 2.45) is 18.7 Å². The highest BCUT2D eigenvalue weighted by atomic mass is 35.5. The van der Waals surface area contributed by atoms with Crippen molar-refractivity contribution in [3.63, 3.8) is 0 Å². The summed E-state index contributed by atoms with van der Waals surface area (Å²) in [6.45, 7) is 0. The molecule has 2 aromatic rings. The highest BCUT2D eigenvalue weighted by molar-refractivity contribution is 6.35. The predicted octanol–water partition coefficient (Wildman–Crippen LogP) is 3.24. The van der Waals surface area contributed by atoms with E-state index in [1.54, 1.807) is 0 Å². The summed E-state index contributed by atoms with van der Waals surface area (Å²) >= 11 is 6.21. The van der Waals surface area contributed by atoms with E-state index in [9.17, 15) is 0 Å². The Bertz CT molecular complexity index is 540. The van der Waals surface area contributed by atoms with Crippen molar-refractivity contribution >= 4 is 22.5 Å². The normalized spacial score (nSPS) is 17.9. The molecule has 1 atom stereocenters. The molecule has 1 saturated carbocycles. The zero-order chi connectivity index (χ0) is 11.3. The van der Waals surface area contributed by atoms with E-state index in [0.29, 0.717) is 5.92 Å². The number of aromatic nitrogens is 1. The number of fused-ring (bicyclic) bond motifs is 1. The van der Waals surface area contributed by atoms with E-state index in [4.69, 9.17) is 17.3 Å². The predicted molar refractivity (Wildman–Crippen MR) is 67.6 cm³/mol. The van der Waals surface area contributed by atoms with E-state index in [2.05, 4.69) is 16.8 Å². The second-order valence-electron chi connectivity index (χ2n) is 4.69. The molecule has 0 radical (unpaired) electrons. The lowest BCUT2D eigenvalue weighted by atomic mass is 10.0. The number of halogens is 1. The number of nitrogens with zero attached hydrogens (tertiary/aromatic N) is 1. The van der Waals surface area contributed by atoms with Gasteiger partial charge < -0.3 is 10.3 Å². The van der Waals surface area contributed by atoms with E-state index >= 15 is 0 Å². The van der Waals surface area contributed by atoms with E-state index in [1.165, 1.54) is 23.8 Å². The van der Waals surface area contributed by atoms with Gasteiger partial charge in [0.25, 0.3) is 0 Å². The molecule has 1 aromatic heterocycles. The maximum absolute atomic E-state index is 6.27. The second-order valence-corrected chi connectivity index (χ2v) is 5.10. The average molecular weight is 235 g/mol. The van der Waals surface area contributed by atoms with Crippen molar-refractivity contribution in [1.29, 1.82) is 0 Å². The van der Waals surface area contributed by atoms with Crippen LogP contribution in [0.2, 0.25) is 5.02 Å². The quantitative estimate of drug-likeness (QED) is 0.850. The van der Waals surface area contributed by atoms with Gasteiger partial charge in [-0.15, -0.1) is 0 Å². The summed E-state index contributed by atoms with van der Waals surface area (Å²) in [6, 6.07) is 6.20. The number of aryl methyl sites for hydroxylation is 1. The van der Waals surface area contributed by atoms with Crippen LogP contribution in [0.15, 0.2) is 24.4 Å². The lowest BCUT2D eigenvalue weighted by molar-refractivity contribution is 0.636. The zero-order valence-corrected chi connectivity index (χ0v) is 10.0. The fourth-order valence-electron chi connectivity index (χ4n) is 2.42.